The maximum atomic E-state index is 13.1. The molecule has 0 aliphatic heterocycles. The average molecular weight is 355 g/mol. The van der Waals surface area contributed by atoms with Crippen molar-refractivity contribution in [3.63, 3.8) is 0 Å². The maximum Gasteiger partial charge on any atom is 0.335 e. The van der Waals surface area contributed by atoms with Crippen LogP contribution in [-0.4, -0.2) is 18.2 Å². The van der Waals surface area contributed by atoms with Gasteiger partial charge in [0.1, 0.15) is 12.4 Å². The van der Waals surface area contributed by atoms with Crippen LogP contribution in [0.2, 0.25) is 0 Å². The number of rotatable bonds is 5. The summed E-state index contributed by atoms with van der Waals surface area (Å²) in [6, 6.07) is 8.83. The first kappa shape index (κ1) is 15.3. The van der Waals surface area contributed by atoms with E-state index in [9.17, 15) is 9.18 Å². The highest BCUT2D eigenvalue weighted by Gasteiger charge is 2.15. The third kappa shape index (κ3) is 3.72. The summed E-state index contributed by atoms with van der Waals surface area (Å²) in [5, 5.41) is 9.00. The molecule has 0 amide bonds. The summed E-state index contributed by atoms with van der Waals surface area (Å²) in [4.78, 5) is 11.0. The van der Waals surface area contributed by atoms with Gasteiger partial charge >= 0.3 is 5.97 Å². The van der Waals surface area contributed by atoms with Crippen molar-refractivity contribution in [3.8, 4) is 11.5 Å². The molecule has 1 N–H and O–H groups in total. The highest BCUT2D eigenvalue weighted by Crippen LogP contribution is 2.37. The fourth-order valence-electron chi connectivity index (χ4n) is 1.77. The summed E-state index contributed by atoms with van der Waals surface area (Å²) in [5.74, 6) is -0.751. The van der Waals surface area contributed by atoms with Crippen LogP contribution in [0.1, 0.15) is 15.9 Å². The van der Waals surface area contributed by atoms with Crippen molar-refractivity contribution in [2.45, 2.75) is 6.61 Å². The van der Waals surface area contributed by atoms with Gasteiger partial charge in [0, 0.05) is 0 Å². The van der Waals surface area contributed by atoms with Crippen molar-refractivity contribution in [2.24, 2.45) is 0 Å². The minimum atomic E-state index is -1.06. The Bertz CT molecular complexity index is 673. The zero-order valence-corrected chi connectivity index (χ0v) is 12.7. The number of hydrogen-bond acceptors (Lipinski definition) is 3. The Morgan fingerprint density at radius 2 is 2.10 bits per heavy atom. The molecule has 0 unspecified atom stereocenters. The Balaban J connectivity index is 2.25. The average Bonchev–Trinajstić information content (AvgIpc) is 2.45. The summed E-state index contributed by atoms with van der Waals surface area (Å²) in [6.07, 6.45) is 0. The first-order valence-corrected chi connectivity index (χ1v) is 6.78. The highest BCUT2D eigenvalue weighted by atomic mass is 79.9. The molecule has 0 radical (unpaired) electrons. The van der Waals surface area contributed by atoms with E-state index in [-0.39, 0.29) is 23.7 Å². The second-order valence-electron chi connectivity index (χ2n) is 4.21. The largest absolute Gasteiger partial charge is 0.493 e. The van der Waals surface area contributed by atoms with Gasteiger partial charge < -0.3 is 14.6 Å². The van der Waals surface area contributed by atoms with E-state index >= 15 is 0 Å². The lowest BCUT2D eigenvalue weighted by atomic mass is 10.2. The molecule has 4 nitrogen and oxygen atoms in total. The molecule has 0 bridgehead atoms. The van der Waals surface area contributed by atoms with E-state index in [1.807, 2.05) is 0 Å². The van der Waals surface area contributed by atoms with E-state index in [2.05, 4.69) is 15.9 Å². The van der Waals surface area contributed by atoms with Gasteiger partial charge in [-0.15, -0.1) is 0 Å². The molecule has 21 heavy (non-hydrogen) atoms. The van der Waals surface area contributed by atoms with E-state index in [0.717, 1.165) is 0 Å². The molecule has 0 aliphatic carbocycles. The first-order valence-electron chi connectivity index (χ1n) is 5.99. The molecule has 2 rings (SSSR count). The quantitative estimate of drug-likeness (QED) is 0.885. The van der Waals surface area contributed by atoms with Gasteiger partial charge in [0.05, 0.1) is 17.1 Å². The zero-order valence-electron chi connectivity index (χ0n) is 11.1. The predicted molar refractivity (Wildman–Crippen MR) is 78.4 cm³/mol. The molecular formula is C15H12BrFO4. The number of carboxylic acids is 1. The molecule has 6 heteroatoms. The minimum Gasteiger partial charge on any atom is -0.493 e. The number of aromatic carboxylic acids is 1. The molecule has 0 saturated carbocycles. The first-order chi connectivity index (χ1) is 10.0. The monoisotopic (exact) mass is 354 g/mol. The Labute approximate surface area is 129 Å². The molecule has 0 fully saturated rings. The van der Waals surface area contributed by atoms with Gasteiger partial charge in [0.25, 0.3) is 0 Å². The van der Waals surface area contributed by atoms with Crippen LogP contribution in [0, 0.1) is 5.82 Å². The van der Waals surface area contributed by atoms with Gasteiger partial charge in [-0.05, 0) is 45.8 Å². The lowest BCUT2D eigenvalue weighted by Crippen LogP contribution is -2.02. The van der Waals surface area contributed by atoms with Crippen LogP contribution < -0.4 is 9.47 Å². The van der Waals surface area contributed by atoms with Gasteiger partial charge in [0.2, 0.25) is 0 Å². The number of hydrogen-bond donors (Lipinski definition) is 1. The van der Waals surface area contributed by atoms with Gasteiger partial charge in [-0.25, -0.2) is 9.18 Å². The van der Waals surface area contributed by atoms with E-state index in [1.54, 1.807) is 12.1 Å². The summed E-state index contributed by atoms with van der Waals surface area (Å²) in [5.41, 5.74) is 0.739. The number of methoxy groups -OCH3 is 1. The van der Waals surface area contributed by atoms with Gasteiger partial charge in [0.15, 0.2) is 11.5 Å². The zero-order chi connectivity index (χ0) is 15.4. The normalized spacial score (nSPS) is 10.2. The summed E-state index contributed by atoms with van der Waals surface area (Å²) in [7, 11) is 1.42. The molecule has 2 aromatic carbocycles. The van der Waals surface area contributed by atoms with E-state index in [0.29, 0.717) is 15.8 Å². The molecule has 0 saturated heterocycles. The van der Waals surface area contributed by atoms with Crippen molar-refractivity contribution >= 4 is 21.9 Å². The molecule has 110 valence electrons. The van der Waals surface area contributed by atoms with Crippen LogP contribution in [0.5, 0.6) is 11.5 Å². The van der Waals surface area contributed by atoms with Gasteiger partial charge in [-0.3, -0.25) is 0 Å². The molecular weight excluding hydrogens is 343 g/mol. The molecule has 2 aromatic rings. The maximum absolute atomic E-state index is 13.1. The van der Waals surface area contributed by atoms with E-state index in [1.165, 1.54) is 31.4 Å². The molecule has 0 aromatic heterocycles. The third-order valence-corrected chi connectivity index (χ3v) is 3.34. The molecule has 0 aliphatic rings. The molecule has 0 heterocycles. The third-order valence-electron chi connectivity index (χ3n) is 2.75. The highest BCUT2D eigenvalue weighted by molar-refractivity contribution is 9.10. The lowest BCUT2D eigenvalue weighted by molar-refractivity contribution is 0.0696. The smallest absolute Gasteiger partial charge is 0.335 e. The molecule has 0 atom stereocenters. The van der Waals surface area contributed by atoms with E-state index < -0.39 is 5.97 Å². The van der Waals surface area contributed by atoms with Crippen LogP contribution in [-0.2, 0) is 6.61 Å². The second kappa shape index (κ2) is 6.58. The van der Waals surface area contributed by atoms with Crippen LogP contribution in [0.4, 0.5) is 4.39 Å². The number of carboxylic acid groups (broad SMARTS) is 1. The van der Waals surface area contributed by atoms with Gasteiger partial charge in [-0.2, -0.15) is 0 Å². The fraction of sp³-hybridized carbons (Fsp3) is 0.133. The molecule has 0 spiro atoms. The topological polar surface area (TPSA) is 55.8 Å². The van der Waals surface area contributed by atoms with Crippen LogP contribution in [0.3, 0.4) is 0 Å². The standard InChI is InChI=1S/C15H12BrFO4/c1-20-13-7-10(15(18)19)6-12(16)14(13)21-8-9-3-2-4-11(17)5-9/h2-7H,8H2,1H3,(H,18,19). The SMILES string of the molecule is COc1cc(C(=O)O)cc(Br)c1OCc1cccc(F)c1. The summed E-state index contributed by atoms with van der Waals surface area (Å²) < 4.78 is 24.3. The number of halogens is 2. The van der Waals surface area contributed by atoms with Crippen molar-refractivity contribution in [3.05, 3.63) is 57.8 Å². The summed E-state index contributed by atoms with van der Waals surface area (Å²) in [6.45, 7) is 0.138. The van der Waals surface area contributed by atoms with Crippen molar-refractivity contribution in [1.29, 1.82) is 0 Å². The number of ether oxygens (including phenoxy) is 2. The van der Waals surface area contributed by atoms with Crippen molar-refractivity contribution in [1.82, 2.24) is 0 Å². The Morgan fingerprint density at radius 3 is 2.71 bits per heavy atom. The predicted octanol–water partition coefficient (Wildman–Crippen LogP) is 3.87. The van der Waals surface area contributed by atoms with Crippen molar-refractivity contribution < 1.29 is 23.8 Å². The Kier molecular flexibility index (Phi) is 4.80. The number of benzene rings is 2. The van der Waals surface area contributed by atoms with Crippen molar-refractivity contribution in [2.75, 3.05) is 7.11 Å². The minimum absolute atomic E-state index is 0.0804. The van der Waals surface area contributed by atoms with E-state index in [4.69, 9.17) is 14.6 Å². The summed E-state index contributed by atoms with van der Waals surface area (Å²) >= 11 is 3.25. The Hall–Kier alpha value is -2.08. The van der Waals surface area contributed by atoms with Crippen LogP contribution in [0.25, 0.3) is 0 Å². The lowest BCUT2D eigenvalue weighted by Gasteiger charge is -2.13. The van der Waals surface area contributed by atoms with Crippen LogP contribution in [0.15, 0.2) is 40.9 Å². The van der Waals surface area contributed by atoms with Gasteiger partial charge in [-0.1, -0.05) is 12.1 Å². The number of carbonyl (C=O) groups is 1. The van der Waals surface area contributed by atoms with Crippen LogP contribution >= 0.6 is 15.9 Å². The second-order valence-corrected chi connectivity index (χ2v) is 5.07. The fourth-order valence-corrected chi connectivity index (χ4v) is 2.32. The Morgan fingerprint density at radius 1 is 1.33 bits per heavy atom.